The zero-order valence-corrected chi connectivity index (χ0v) is 28.6. The molecule has 0 radical (unpaired) electrons. The van der Waals surface area contributed by atoms with Gasteiger partial charge in [0.25, 0.3) is 0 Å². The summed E-state index contributed by atoms with van der Waals surface area (Å²) in [4.78, 5) is 7.21. The molecule has 0 aliphatic heterocycles. The van der Waals surface area contributed by atoms with Crippen molar-refractivity contribution in [3.05, 3.63) is 170 Å². The molecule has 0 atom stereocenters. The van der Waals surface area contributed by atoms with Crippen molar-refractivity contribution in [1.82, 2.24) is 4.98 Å². The first-order valence-electron chi connectivity index (χ1n) is 17.4. The van der Waals surface area contributed by atoms with Gasteiger partial charge in [0.2, 0.25) is 5.89 Å². The third-order valence-corrected chi connectivity index (χ3v) is 11.2. The Morgan fingerprint density at radius 2 is 1.19 bits per heavy atom. The number of nitrogens with zero attached hydrogens (tertiary/aromatic N) is 2. The predicted octanol–water partition coefficient (Wildman–Crippen LogP) is 14.1. The maximum absolute atomic E-state index is 6.64. The number of benzene rings is 8. The van der Waals surface area contributed by atoms with Gasteiger partial charge in [0.15, 0.2) is 5.58 Å². The van der Waals surface area contributed by atoms with Gasteiger partial charge in [-0.15, -0.1) is 11.3 Å². The van der Waals surface area contributed by atoms with Crippen molar-refractivity contribution in [2.45, 2.75) is 0 Å². The summed E-state index contributed by atoms with van der Waals surface area (Å²) in [7, 11) is 0. The normalized spacial score (nSPS) is 11.8. The highest BCUT2D eigenvalue weighted by Gasteiger charge is 2.22. The molecule has 52 heavy (non-hydrogen) atoms. The topological polar surface area (TPSA) is 42.4 Å². The van der Waals surface area contributed by atoms with E-state index in [1.165, 1.54) is 36.5 Å². The number of oxazole rings is 1. The fourth-order valence-corrected chi connectivity index (χ4v) is 8.91. The molecule has 0 N–H and O–H groups in total. The highest BCUT2D eigenvalue weighted by atomic mass is 32.1. The lowest BCUT2D eigenvalue weighted by molar-refractivity contribution is 0.620. The first-order valence-corrected chi connectivity index (χ1v) is 18.2. The van der Waals surface area contributed by atoms with E-state index in [1.807, 2.05) is 47.7 Å². The molecule has 0 bridgehead atoms. The molecule has 0 amide bonds. The van der Waals surface area contributed by atoms with Crippen molar-refractivity contribution in [3.63, 3.8) is 0 Å². The molecule has 5 heteroatoms. The van der Waals surface area contributed by atoms with E-state index < -0.39 is 0 Å². The molecule has 0 fully saturated rings. The molecule has 244 valence electrons. The van der Waals surface area contributed by atoms with Crippen LogP contribution in [0.5, 0.6) is 0 Å². The maximum Gasteiger partial charge on any atom is 0.228 e. The first kappa shape index (κ1) is 29.1. The van der Waals surface area contributed by atoms with Crippen LogP contribution in [0, 0.1) is 0 Å². The second kappa shape index (κ2) is 11.4. The summed E-state index contributed by atoms with van der Waals surface area (Å²) in [6.07, 6.45) is 0. The molecule has 0 aliphatic carbocycles. The van der Waals surface area contributed by atoms with Gasteiger partial charge < -0.3 is 13.7 Å². The molecule has 0 saturated carbocycles. The summed E-state index contributed by atoms with van der Waals surface area (Å²) in [6, 6.07) is 59.9. The van der Waals surface area contributed by atoms with Crippen molar-refractivity contribution in [1.29, 1.82) is 0 Å². The number of para-hydroxylation sites is 2. The zero-order valence-electron chi connectivity index (χ0n) is 27.8. The summed E-state index contributed by atoms with van der Waals surface area (Å²) >= 11 is 1.83. The van der Waals surface area contributed by atoms with Crippen molar-refractivity contribution in [3.8, 4) is 22.6 Å². The maximum atomic E-state index is 6.64. The summed E-state index contributed by atoms with van der Waals surface area (Å²) in [6.45, 7) is 0. The fraction of sp³-hybridized carbons (Fsp3) is 0. The van der Waals surface area contributed by atoms with E-state index in [0.717, 1.165) is 61.2 Å². The number of anilines is 3. The van der Waals surface area contributed by atoms with E-state index in [1.54, 1.807) is 0 Å². The standard InChI is InChI=1S/C47H28N2O2S/c1-2-15-33-29(11-1)12-8-17-34(33)30-13-7-14-31(27-30)49(39-20-10-24-44-46(39)36-16-3-6-23-43(36)52-44)32-25-26-35-42(28-32)50-41-22-9-18-37(45(35)41)47-48-38-19-4-5-21-40(38)51-47/h1-28H. The van der Waals surface area contributed by atoms with Crippen LogP contribution in [0.4, 0.5) is 17.1 Å². The van der Waals surface area contributed by atoms with E-state index >= 15 is 0 Å². The van der Waals surface area contributed by atoms with Crippen molar-refractivity contribution < 1.29 is 8.83 Å². The van der Waals surface area contributed by atoms with Crippen LogP contribution in [0.1, 0.15) is 0 Å². The monoisotopic (exact) mass is 684 g/mol. The number of hydrogen-bond donors (Lipinski definition) is 0. The largest absolute Gasteiger partial charge is 0.456 e. The van der Waals surface area contributed by atoms with Crippen LogP contribution in [-0.2, 0) is 0 Å². The average molecular weight is 685 g/mol. The number of hydrogen-bond acceptors (Lipinski definition) is 5. The molecule has 3 heterocycles. The SMILES string of the molecule is c1cc(-c2cccc3ccccc23)cc(N(c2ccc3c(c2)oc2cccc(-c4nc5ccccc5o4)c23)c2cccc3sc4ccccc4c23)c1. The minimum atomic E-state index is 0.585. The summed E-state index contributed by atoms with van der Waals surface area (Å²) in [5.74, 6) is 0.585. The van der Waals surface area contributed by atoms with Gasteiger partial charge in [-0.05, 0) is 88.6 Å². The summed E-state index contributed by atoms with van der Waals surface area (Å²) in [5.41, 5.74) is 9.66. The minimum Gasteiger partial charge on any atom is -0.456 e. The van der Waals surface area contributed by atoms with Crippen LogP contribution in [0.3, 0.4) is 0 Å². The van der Waals surface area contributed by atoms with Gasteiger partial charge >= 0.3 is 0 Å². The minimum absolute atomic E-state index is 0.585. The Balaban J connectivity index is 1.14. The van der Waals surface area contributed by atoms with E-state index in [0.29, 0.717) is 5.89 Å². The van der Waals surface area contributed by atoms with Crippen LogP contribution in [0.2, 0.25) is 0 Å². The van der Waals surface area contributed by atoms with Gasteiger partial charge in [0.1, 0.15) is 16.7 Å². The van der Waals surface area contributed by atoms with Gasteiger partial charge in [-0.1, -0.05) is 97.1 Å². The van der Waals surface area contributed by atoms with Crippen molar-refractivity contribution >= 4 is 92.4 Å². The second-order valence-electron chi connectivity index (χ2n) is 13.1. The number of furan rings is 1. The quantitative estimate of drug-likeness (QED) is 0.181. The van der Waals surface area contributed by atoms with E-state index in [-0.39, 0.29) is 0 Å². The summed E-state index contributed by atoms with van der Waals surface area (Å²) < 4.78 is 15.4. The Labute approximate surface area is 302 Å². The van der Waals surface area contributed by atoms with Crippen molar-refractivity contribution in [2.75, 3.05) is 4.90 Å². The first-order chi connectivity index (χ1) is 25.8. The molecule has 0 spiro atoms. The Kier molecular flexibility index (Phi) is 6.39. The fourth-order valence-electron chi connectivity index (χ4n) is 7.78. The molecule has 4 nitrogen and oxygen atoms in total. The van der Waals surface area contributed by atoms with E-state index in [9.17, 15) is 0 Å². The molecule has 0 aliphatic rings. The van der Waals surface area contributed by atoms with Gasteiger partial charge in [-0.3, -0.25) is 0 Å². The molecular weight excluding hydrogens is 657 g/mol. The van der Waals surface area contributed by atoms with Crippen LogP contribution >= 0.6 is 11.3 Å². The lowest BCUT2D eigenvalue weighted by Gasteiger charge is -2.27. The van der Waals surface area contributed by atoms with E-state index in [2.05, 4.69) is 138 Å². The Morgan fingerprint density at radius 3 is 2.15 bits per heavy atom. The highest BCUT2D eigenvalue weighted by Crippen LogP contribution is 2.47. The van der Waals surface area contributed by atoms with Gasteiger partial charge in [-0.25, -0.2) is 4.98 Å². The molecule has 11 rings (SSSR count). The number of thiophene rings is 1. The van der Waals surface area contributed by atoms with E-state index in [4.69, 9.17) is 13.8 Å². The Hall–Kier alpha value is -6.69. The van der Waals surface area contributed by atoms with Crippen molar-refractivity contribution in [2.24, 2.45) is 0 Å². The third kappa shape index (κ3) is 4.50. The van der Waals surface area contributed by atoms with Crippen LogP contribution in [0.15, 0.2) is 179 Å². The third-order valence-electron chi connectivity index (χ3n) is 10.1. The summed E-state index contributed by atoms with van der Waals surface area (Å²) in [5, 5.41) is 6.96. The number of aromatic nitrogens is 1. The molecule has 3 aromatic heterocycles. The molecule has 11 aromatic rings. The highest BCUT2D eigenvalue weighted by molar-refractivity contribution is 7.26. The van der Waals surface area contributed by atoms with Gasteiger partial charge in [-0.2, -0.15) is 0 Å². The Bertz CT molecular complexity index is 3130. The molecule has 0 unspecified atom stereocenters. The average Bonchev–Trinajstić information content (AvgIpc) is 3.91. The van der Waals surface area contributed by atoms with Crippen LogP contribution < -0.4 is 4.90 Å². The van der Waals surface area contributed by atoms with Crippen LogP contribution in [-0.4, -0.2) is 4.98 Å². The predicted molar refractivity (Wildman–Crippen MR) is 217 cm³/mol. The lowest BCUT2D eigenvalue weighted by atomic mass is 9.97. The number of fused-ring (bicyclic) bond motifs is 8. The van der Waals surface area contributed by atoms with Gasteiger partial charge in [0.05, 0.1) is 5.69 Å². The smallest absolute Gasteiger partial charge is 0.228 e. The zero-order chi connectivity index (χ0) is 34.2. The Morgan fingerprint density at radius 1 is 0.462 bits per heavy atom. The molecule has 0 saturated heterocycles. The lowest BCUT2D eigenvalue weighted by Crippen LogP contribution is -2.10. The van der Waals surface area contributed by atoms with Gasteiger partial charge in [0, 0.05) is 53.9 Å². The molecular formula is C47H28N2O2S. The number of rotatable bonds is 5. The second-order valence-corrected chi connectivity index (χ2v) is 14.2. The van der Waals surface area contributed by atoms with Crippen LogP contribution in [0.25, 0.3) is 86.6 Å². The molecule has 8 aromatic carbocycles.